The molecule has 1 aliphatic rings. The molecule has 1 fully saturated rings. The third-order valence-electron chi connectivity index (χ3n) is 3.20. The first kappa shape index (κ1) is 14.1. The van der Waals surface area contributed by atoms with Crippen molar-refractivity contribution in [2.45, 2.75) is 31.2 Å². The summed E-state index contributed by atoms with van der Waals surface area (Å²) >= 11 is 1.66. The highest BCUT2D eigenvalue weighted by Crippen LogP contribution is 2.51. The summed E-state index contributed by atoms with van der Waals surface area (Å²) in [5.41, 5.74) is 0.119. The van der Waals surface area contributed by atoms with E-state index in [2.05, 4.69) is 15.3 Å². The Bertz CT molecular complexity index is 449. The first-order chi connectivity index (χ1) is 9.17. The largest absolute Gasteiger partial charge is 0.469 e. The van der Waals surface area contributed by atoms with Crippen molar-refractivity contribution in [3.8, 4) is 0 Å². The fourth-order valence-corrected chi connectivity index (χ4v) is 2.98. The van der Waals surface area contributed by atoms with Crippen molar-refractivity contribution in [3.05, 3.63) is 12.4 Å². The molecule has 0 unspecified atom stereocenters. The summed E-state index contributed by atoms with van der Waals surface area (Å²) in [7, 11) is 1.44. The van der Waals surface area contributed by atoms with Crippen LogP contribution in [0.5, 0.6) is 0 Å². The molecule has 1 saturated carbocycles. The number of nitrogens with one attached hydrogen (secondary N) is 1. The lowest BCUT2D eigenvalue weighted by atomic mass is 10.1. The molecule has 0 radical (unpaired) electrons. The fraction of sp³-hybridized carbons (Fsp3) is 0.615. The first-order valence-electron chi connectivity index (χ1n) is 6.43. The lowest BCUT2D eigenvalue weighted by molar-refractivity contribution is -0.141. The standard InChI is InChI=1S/C13H19N3O2S/c1-3-15-10-7-14-8-11(16-10)19-9-13(4-5-13)6-12(17)18-2/h7-8H,3-6,9H2,1-2H3,(H,15,16). The Labute approximate surface area is 117 Å². The molecule has 0 aromatic carbocycles. The minimum atomic E-state index is -0.120. The van der Waals surface area contributed by atoms with Gasteiger partial charge in [-0.3, -0.25) is 9.78 Å². The van der Waals surface area contributed by atoms with Crippen LogP contribution in [0.3, 0.4) is 0 Å². The molecule has 0 amide bonds. The Hall–Kier alpha value is -1.30. The summed E-state index contributed by atoms with van der Waals surface area (Å²) < 4.78 is 4.74. The molecule has 2 rings (SSSR count). The number of carbonyl (C=O) groups excluding carboxylic acids is 1. The predicted molar refractivity (Wildman–Crippen MR) is 75.2 cm³/mol. The van der Waals surface area contributed by atoms with Gasteiger partial charge in [0.15, 0.2) is 0 Å². The van der Waals surface area contributed by atoms with Crippen molar-refractivity contribution >= 4 is 23.5 Å². The number of hydrogen-bond acceptors (Lipinski definition) is 6. The van der Waals surface area contributed by atoms with Gasteiger partial charge >= 0.3 is 5.97 Å². The van der Waals surface area contributed by atoms with Crippen LogP contribution >= 0.6 is 11.8 Å². The van der Waals surface area contributed by atoms with Crippen molar-refractivity contribution in [2.75, 3.05) is 24.7 Å². The maximum Gasteiger partial charge on any atom is 0.306 e. The molecule has 19 heavy (non-hydrogen) atoms. The summed E-state index contributed by atoms with van der Waals surface area (Å²) in [5.74, 6) is 1.57. The Morgan fingerprint density at radius 1 is 1.53 bits per heavy atom. The van der Waals surface area contributed by atoms with E-state index in [-0.39, 0.29) is 11.4 Å². The average molecular weight is 281 g/mol. The van der Waals surface area contributed by atoms with Gasteiger partial charge in [-0.1, -0.05) is 0 Å². The number of aromatic nitrogens is 2. The molecule has 1 aromatic heterocycles. The van der Waals surface area contributed by atoms with E-state index < -0.39 is 0 Å². The summed E-state index contributed by atoms with van der Waals surface area (Å²) in [6.45, 7) is 2.85. The molecule has 5 nitrogen and oxygen atoms in total. The zero-order valence-corrected chi connectivity index (χ0v) is 12.1. The van der Waals surface area contributed by atoms with Gasteiger partial charge in [-0.25, -0.2) is 4.98 Å². The molecular weight excluding hydrogens is 262 g/mol. The second kappa shape index (κ2) is 6.23. The van der Waals surface area contributed by atoms with Gasteiger partial charge in [-0.15, -0.1) is 11.8 Å². The van der Waals surface area contributed by atoms with Gasteiger partial charge in [-0.2, -0.15) is 0 Å². The summed E-state index contributed by atoms with van der Waals surface area (Å²) in [6, 6.07) is 0. The van der Waals surface area contributed by atoms with Crippen molar-refractivity contribution in [1.29, 1.82) is 0 Å². The lowest BCUT2D eigenvalue weighted by Crippen LogP contribution is -2.13. The van der Waals surface area contributed by atoms with Gasteiger partial charge in [0, 0.05) is 12.3 Å². The molecule has 0 saturated heterocycles. The third kappa shape index (κ3) is 4.09. The second-order valence-corrected chi connectivity index (χ2v) is 5.81. The van der Waals surface area contributed by atoms with Crippen molar-refractivity contribution in [1.82, 2.24) is 9.97 Å². The lowest BCUT2D eigenvalue weighted by Gasteiger charge is -2.12. The molecular formula is C13H19N3O2S. The SMILES string of the molecule is CCNc1cncc(SCC2(CC(=O)OC)CC2)n1. The van der Waals surface area contributed by atoms with Crippen LogP contribution < -0.4 is 5.32 Å². The summed E-state index contributed by atoms with van der Waals surface area (Å²) in [5, 5.41) is 4.04. The molecule has 1 heterocycles. The highest BCUT2D eigenvalue weighted by molar-refractivity contribution is 7.99. The second-order valence-electron chi connectivity index (χ2n) is 4.81. The smallest absolute Gasteiger partial charge is 0.306 e. The quantitative estimate of drug-likeness (QED) is 0.611. The van der Waals surface area contributed by atoms with Crippen LogP contribution in [-0.2, 0) is 9.53 Å². The molecule has 1 aromatic rings. The Kier molecular flexibility index (Phi) is 4.63. The van der Waals surface area contributed by atoms with Crippen LogP contribution in [0.2, 0.25) is 0 Å². The van der Waals surface area contributed by atoms with Crippen LogP contribution in [0.15, 0.2) is 17.4 Å². The average Bonchev–Trinajstić information content (AvgIpc) is 3.17. The Balaban J connectivity index is 1.88. The van der Waals surface area contributed by atoms with Gasteiger partial charge in [0.25, 0.3) is 0 Å². The van der Waals surface area contributed by atoms with Gasteiger partial charge in [0.05, 0.1) is 25.9 Å². The van der Waals surface area contributed by atoms with Crippen LogP contribution in [-0.4, -0.2) is 35.3 Å². The Morgan fingerprint density at radius 3 is 2.95 bits per heavy atom. The van der Waals surface area contributed by atoms with E-state index in [0.717, 1.165) is 36.0 Å². The van der Waals surface area contributed by atoms with Crippen molar-refractivity contribution < 1.29 is 9.53 Å². The zero-order chi connectivity index (χ0) is 13.7. The molecule has 0 bridgehead atoms. The molecule has 1 N–H and O–H groups in total. The van der Waals surface area contributed by atoms with Crippen LogP contribution in [0.4, 0.5) is 5.82 Å². The number of methoxy groups -OCH3 is 1. The first-order valence-corrected chi connectivity index (χ1v) is 7.41. The van der Waals surface area contributed by atoms with Gasteiger partial charge in [-0.05, 0) is 25.2 Å². The molecule has 104 valence electrons. The van der Waals surface area contributed by atoms with Gasteiger partial charge in [0.1, 0.15) is 10.8 Å². The van der Waals surface area contributed by atoms with E-state index in [9.17, 15) is 4.79 Å². The molecule has 6 heteroatoms. The summed E-state index contributed by atoms with van der Waals surface area (Å²) in [6.07, 6.45) is 6.18. The topological polar surface area (TPSA) is 64.1 Å². The van der Waals surface area contributed by atoms with E-state index in [1.807, 2.05) is 6.92 Å². The number of esters is 1. The van der Waals surface area contributed by atoms with Crippen molar-refractivity contribution in [2.24, 2.45) is 5.41 Å². The molecule has 0 spiro atoms. The highest BCUT2D eigenvalue weighted by Gasteiger charge is 2.44. The number of ether oxygens (including phenoxy) is 1. The summed E-state index contributed by atoms with van der Waals surface area (Å²) in [4.78, 5) is 20.0. The van der Waals surface area contributed by atoms with E-state index >= 15 is 0 Å². The monoisotopic (exact) mass is 281 g/mol. The van der Waals surface area contributed by atoms with Gasteiger partial charge in [0.2, 0.25) is 0 Å². The zero-order valence-electron chi connectivity index (χ0n) is 11.3. The van der Waals surface area contributed by atoms with Crippen molar-refractivity contribution in [3.63, 3.8) is 0 Å². The number of carbonyl (C=O) groups is 1. The molecule has 0 atom stereocenters. The normalized spacial score (nSPS) is 15.9. The van der Waals surface area contributed by atoms with Crippen LogP contribution in [0, 0.1) is 5.41 Å². The van der Waals surface area contributed by atoms with E-state index in [0.29, 0.717) is 6.42 Å². The van der Waals surface area contributed by atoms with E-state index in [1.165, 1.54) is 7.11 Å². The van der Waals surface area contributed by atoms with Gasteiger partial charge < -0.3 is 10.1 Å². The maximum atomic E-state index is 11.3. The number of thioether (sulfide) groups is 1. The maximum absolute atomic E-state index is 11.3. The number of hydrogen-bond donors (Lipinski definition) is 1. The minimum absolute atomic E-state index is 0.119. The van der Waals surface area contributed by atoms with Crippen LogP contribution in [0.1, 0.15) is 26.2 Å². The number of nitrogens with zero attached hydrogens (tertiary/aromatic N) is 2. The minimum Gasteiger partial charge on any atom is -0.469 e. The predicted octanol–water partition coefficient (Wildman–Crippen LogP) is 2.34. The van der Waals surface area contributed by atoms with E-state index in [4.69, 9.17) is 4.74 Å². The number of anilines is 1. The fourth-order valence-electron chi connectivity index (χ4n) is 1.84. The third-order valence-corrected chi connectivity index (χ3v) is 4.45. The molecule has 0 aliphatic heterocycles. The number of rotatable bonds is 7. The highest BCUT2D eigenvalue weighted by atomic mass is 32.2. The Morgan fingerprint density at radius 2 is 2.32 bits per heavy atom. The van der Waals surface area contributed by atoms with E-state index in [1.54, 1.807) is 24.2 Å². The van der Waals surface area contributed by atoms with Crippen LogP contribution in [0.25, 0.3) is 0 Å². The molecule has 1 aliphatic carbocycles.